The minimum atomic E-state index is -0.273. The molecule has 0 aliphatic carbocycles. The van der Waals surface area contributed by atoms with Gasteiger partial charge in [-0.1, -0.05) is 0 Å². The standard InChI is InChI=1S/C14H26N2O5/c1-12-10-16(7-9-21-12)13(17)11-15(6-8-19-2)5-4-14(18)20-3/h12H,4-11H2,1-3H3. The van der Waals surface area contributed by atoms with Crippen LogP contribution in [-0.2, 0) is 23.8 Å². The molecule has 1 amide bonds. The van der Waals surface area contributed by atoms with E-state index in [4.69, 9.17) is 9.47 Å². The molecule has 0 saturated carbocycles. The lowest BCUT2D eigenvalue weighted by atomic mass is 10.3. The number of hydrogen-bond donors (Lipinski definition) is 0. The van der Waals surface area contributed by atoms with Crippen molar-refractivity contribution in [2.75, 3.05) is 60.2 Å². The van der Waals surface area contributed by atoms with Crippen molar-refractivity contribution in [3.05, 3.63) is 0 Å². The summed E-state index contributed by atoms with van der Waals surface area (Å²) >= 11 is 0. The first-order chi connectivity index (χ1) is 10.1. The minimum Gasteiger partial charge on any atom is -0.469 e. The van der Waals surface area contributed by atoms with E-state index < -0.39 is 0 Å². The van der Waals surface area contributed by atoms with Gasteiger partial charge in [0.05, 0.1) is 39.4 Å². The molecule has 122 valence electrons. The molecular weight excluding hydrogens is 276 g/mol. The third-order valence-corrected chi connectivity index (χ3v) is 3.42. The molecule has 1 saturated heterocycles. The Bertz CT molecular complexity index is 337. The normalized spacial score (nSPS) is 18.9. The average molecular weight is 302 g/mol. The van der Waals surface area contributed by atoms with Gasteiger partial charge in [-0.15, -0.1) is 0 Å². The molecule has 0 aromatic heterocycles. The van der Waals surface area contributed by atoms with Gasteiger partial charge in [0.1, 0.15) is 0 Å². The molecule has 0 aromatic carbocycles. The molecule has 7 nitrogen and oxygen atoms in total. The van der Waals surface area contributed by atoms with E-state index in [0.717, 1.165) is 0 Å². The Kier molecular flexibility index (Phi) is 8.26. The summed E-state index contributed by atoms with van der Waals surface area (Å²) in [7, 11) is 2.98. The average Bonchev–Trinajstić information content (AvgIpc) is 2.49. The maximum atomic E-state index is 12.3. The van der Waals surface area contributed by atoms with E-state index in [2.05, 4.69) is 4.74 Å². The summed E-state index contributed by atoms with van der Waals surface area (Å²) in [6, 6.07) is 0. The molecule has 1 fully saturated rings. The first kappa shape index (κ1) is 17.9. The maximum Gasteiger partial charge on any atom is 0.306 e. The van der Waals surface area contributed by atoms with Crippen molar-refractivity contribution in [3.8, 4) is 0 Å². The topological polar surface area (TPSA) is 68.3 Å². The van der Waals surface area contributed by atoms with E-state index in [1.807, 2.05) is 16.7 Å². The van der Waals surface area contributed by atoms with Crippen molar-refractivity contribution >= 4 is 11.9 Å². The van der Waals surface area contributed by atoms with Gasteiger partial charge in [0.15, 0.2) is 0 Å². The van der Waals surface area contributed by atoms with Gasteiger partial charge >= 0.3 is 5.97 Å². The number of amides is 1. The van der Waals surface area contributed by atoms with E-state index in [9.17, 15) is 9.59 Å². The van der Waals surface area contributed by atoms with Crippen LogP contribution in [0.3, 0.4) is 0 Å². The number of ether oxygens (including phenoxy) is 3. The van der Waals surface area contributed by atoms with Gasteiger partial charge in [-0.2, -0.15) is 0 Å². The Hall–Kier alpha value is -1.18. The first-order valence-corrected chi connectivity index (χ1v) is 7.24. The molecule has 0 spiro atoms. The Morgan fingerprint density at radius 2 is 2.10 bits per heavy atom. The van der Waals surface area contributed by atoms with Crippen molar-refractivity contribution in [1.82, 2.24) is 9.80 Å². The highest BCUT2D eigenvalue weighted by Crippen LogP contribution is 2.06. The van der Waals surface area contributed by atoms with E-state index in [0.29, 0.717) is 39.4 Å². The quantitative estimate of drug-likeness (QED) is 0.576. The lowest BCUT2D eigenvalue weighted by molar-refractivity contribution is -0.143. The summed E-state index contributed by atoms with van der Waals surface area (Å²) < 4.78 is 15.1. The lowest BCUT2D eigenvalue weighted by Crippen LogP contribution is -2.49. The maximum absolute atomic E-state index is 12.3. The highest BCUT2D eigenvalue weighted by atomic mass is 16.5. The second-order valence-electron chi connectivity index (χ2n) is 5.12. The third-order valence-electron chi connectivity index (χ3n) is 3.42. The Morgan fingerprint density at radius 1 is 1.33 bits per heavy atom. The Labute approximate surface area is 126 Å². The van der Waals surface area contributed by atoms with Crippen LogP contribution in [0.2, 0.25) is 0 Å². The fraction of sp³-hybridized carbons (Fsp3) is 0.857. The van der Waals surface area contributed by atoms with Gasteiger partial charge in [0.2, 0.25) is 5.91 Å². The van der Waals surface area contributed by atoms with Gasteiger partial charge in [-0.3, -0.25) is 14.5 Å². The van der Waals surface area contributed by atoms with Crippen molar-refractivity contribution in [2.45, 2.75) is 19.4 Å². The molecule has 0 radical (unpaired) electrons. The summed E-state index contributed by atoms with van der Waals surface area (Å²) in [5.41, 5.74) is 0. The van der Waals surface area contributed by atoms with Gasteiger partial charge in [0, 0.05) is 33.3 Å². The number of rotatable bonds is 8. The van der Waals surface area contributed by atoms with Crippen molar-refractivity contribution in [2.24, 2.45) is 0 Å². The monoisotopic (exact) mass is 302 g/mol. The third kappa shape index (κ3) is 6.88. The van der Waals surface area contributed by atoms with Crippen LogP contribution < -0.4 is 0 Å². The summed E-state index contributed by atoms with van der Waals surface area (Å²) in [5, 5.41) is 0. The van der Waals surface area contributed by atoms with Crippen molar-refractivity contribution < 1.29 is 23.8 Å². The van der Waals surface area contributed by atoms with Crippen LogP contribution in [0, 0.1) is 0 Å². The summed E-state index contributed by atoms with van der Waals surface area (Å²) in [4.78, 5) is 27.3. The zero-order valence-electron chi connectivity index (χ0n) is 13.2. The van der Waals surface area contributed by atoms with Crippen LogP contribution >= 0.6 is 0 Å². The SMILES string of the molecule is COCCN(CCC(=O)OC)CC(=O)N1CCOC(C)C1. The van der Waals surface area contributed by atoms with Crippen molar-refractivity contribution in [3.63, 3.8) is 0 Å². The fourth-order valence-electron chi connectivity index (χ4n) is 2.18. The number of hydrogen-bond acceptors (Lipinski definition) is 6. The number of morpholine rings is 1. The van der Waals surface area contributed by atoms with E-state index in [-0.39, 0.29) is 30.9 Å². The van der Waals surface area contributed by atoms with E-state index in [1.165, 1.54) is 7.11 Å². The second-order valence-corrected chi connectivity index (χ2v) is 5.12. The van der Waals surface area contributed by atoms with Gasteiger partial charge < -0.3 is 19.1 Å². The molecule has 21 heavy (non-hydrogen) atoms. The molecule has 0 aromatic rings. The number of carbonyl (C=O) groups is 2. The zero-order valence-corrected chi connectivity index (χ0v) is 13.2. The van der Waals surface area contributed by atoms with Crippen LogP contribution in [0.5, 0.6) is 0 Å². The van der Waals surface area contributed by atoms with Crippen LogP contribution in [0.1, 0.15) is 13.3 Å². The molecular formula is C14H26N2O5. The molecule has 0 N–H and O–H groups in total. The first-order valence-electron chi connectivity index (χ1n) is 7.24. The Balaban J connectivity index is 2.45. The lowest BCUT2D eigenvalue weighted by Gasteiger charge is -2.33. The minimum absolute atomic E-state index is 0.0612. The van der Waals surface area contributed by atoms with Crippen molar-refractivity contribution in [1.29, 1.82) is 0 Å². The predicted octanol–water partition coefficient (Wildman–Crippen LogP) is -0.255. The number of nitrogens with zero attached hydrogens (tertiary/aromatic N) is 2. The Morgan fingerprint density at radius 3 is 2.71 bits per heavy atom. The number of carbonyl (C=O) groups excluding carboxylic acids is 2. The molecule has 1 atom stereocenters. The number of methoxy groups -OCH3 is 2. The predicted molar refractivity (Wildman–Crippen MR) is 76.9 cm³/mol. The van der Waals surface area contributed by atoms with Crippen LogP contribution in [0.4, 0.5) is 0 Å². The molecule has 1 aliphatic rings. The molecule has 7 heteroatoms. The van der Waals surface area contributed by atoms with Gasteiger partial charge in [0.25, 0.3) is 0 Å². The van der Waals surface area contributed by atoms with E-state index >= 15 is 0 Å². The summed E-state index contributed by atoms with van der Waals surface area (Å²) in [6.45, 7) is 5.68. The fourth-order valence-corrected chi connectivity index (χ4v) is 2.18. The highest BCUT2D eigenvalue weighted by molar-refractivity contribution is 5.78. The molecule has 1 unspecified atom stereocenters. The summed E-state index contributed by atoms with van der Waals surface area (Å²) in [6.07, 6.45) is 0.345. The van der Waals surface area contributed by atoms with Crippen LogP contribution in [0.25, 0.3) is 0 Å². The molecule has 0 bridgehead atoms. The van der Waals surface area contributed by atoms with Crippen LogP contribution in [-0.4, -0.2) is 87.9 Å². The number of esters is 1. The van der Waals surface area contributed by atoms with Gasteiger partial charge in [-0.05, 0) is 6.92 Å². The largest absolute Gasteiger partial charge is 0.469 e. The zero-order chi connectivity index (χ0) is 15.7. The molecule has 1 heterocycles. The molecule has 1 aliphatic heterocycles. The second kappa shape index (κ2) is 9.70. The smallest absolute Gasteiger partial charge is 0.306 e. The van der Waals surface area contributed by atoms with Gasteiger partial charge in [-0.25, -0.2) is 0 Å². The molecule has 1 rings (SSSR count). The highest BCUT2D eigenvalue weighted by Gasteiger charge is 2.23. The van der Waals surface area contributed by atoms with E-state index in [1.54, 1.807) is 7.11 Å². The summed E-state index contributed by atoms with van der Waals surface area (Å²) in [5.74, 6) is -0.212. The van der Waals surface area contributed by atoms with Crippen LogP contribution in [0.15, 0.2) is 0 Å².